The molecule has 10 heteroatoms. The Morgan fingerprint density at radius 2 is 1.23 bits per heavy atom. The lowest BCUT2D eigenvalue weighted by atomic mass is 9.92. The van der Waals surface area contributed by atoms with Crippen molar-refractivity contribution in [1.29, 1.82) is 0 Å². The van der Waals surface area contributed by atoms with Crippen LogP contribution >= 0.6 is 11.8 Å². The number of carbonyl (C=O) groups excluding carboxylic acids is 3. The van der Waals surface area contributed by atoms with Crippen LogP contribution in [0.5, 0.6) is 0 Å². The summed E-state index contributed by atoms with van der Waals surface area (Å²) < 4.78 is 38.1. The number of amides is 1. The molecule has 4 rings (SSSR count). The molecule has 4 aromatic rings. The number of Topliss-reactive ketones (excluding diaryl/α,β-unsaturated/α-hetero) is 1. The molecule has 218 valence electrons. The fourth-order valence-corrected chi connectivity index (χ4v) is 4.64. The number of hydrogen-bond acceptors (Lipinski definition) is 5. The van der Waals surface area contributed by atoms with E-state index in [9.17, 15) is 32.3 Å². The number of nitrogens with one attached hydrogen (secondary N) is 1. The SMILES string of the molecule is O=C(O)CCNC(=O)c1ccc(C(=O)C(=CC(=O)c2ccc(SC(F)(F)F)cc2)c2ccc(-c3ccccc3)cc2)cc1. The van der Waals surface area contributed by atoms with Gasteiger partial charge < -0.3 is 10.4 Å². The molecule has 0 aliphatic carbocycles. The molecule has 0 atom stereocenters. The van der Waals surface area contributed by atoms with Crippen LogP contribution in [0.1, 0.15) is 43.1 Å². The molecule has 43 heavy (non-hydrogen) atoms. The van der Waals surface area contributed by atoms with Crippen molar-refractivity contribution in [2.24, 2.45) is 0 Å². The van der Waals surface area contributed by atoms with E-state index < -0.39 is 29.0 Å². The van der Waals surface area contributed by atoms with Gasteiger partial charge in [-0.2, -0.15) is 13.2 Å². The number of rotatable bonds is 11. The first kappa shape index (κ1) is 31.0. The minimum Gasteiger partial charge on any atom is -0.481 e. The van der Waals surface area contributed by atoms with E-state index in [1.165, 1.54) is 48.5 Å². The van der Waals surface area contributed by atoms with E-state index in [1.54, 1.807) is 12.1 Å². The number of alkyl halides is 3. The molecule has 0 heterocycles. The molecule has 0 aliphatic rings. The zero-order chi connectivity index (χ0) is 31.0. The van der Waals surface area contributed by atoms with Gasteiger partial charge in [0, 0.05) is 33.7 Å². The van der Waals surface area contributed by atoms with Crippen molar-refractivity contribution < 1.29 is 37.5 Å². The van der Waals surface area contributed by atoms with Crippen LogP contribution in [0.25, 0.3) is 16.7 Å². The highest BCUT2D eigenvalue weighted by atomic mass is 32.2. The van der Waals surface area contributed by atoms with E-state index >= 15 is 0 Å². The highest BCUT2D eigenvalue weighted by Gasteiger charge is 2.29. The second-order valence-electron chi connectivity index (χ2n) is 9.24. The first-order chi connectivity index (χ1) is 20.5. The van der Waals surface area contributed by atoms with Crippen LogP contribution in [0.15, 0.2) is 114 Å². The van der Waals surface area contributed by atoms with Crippen molar-refractivity contribution in [3.05, 3.63) is 131 Å². The van der Waals surface area contributed by atoms with Gasteiger partial charge in [0.15, 0.2) is 11.6 Å². The normalized spacial score (nSPS) is 11.6. The Bertz CT molecular complexity index is 1650. The maximum Gasteiger partial charge on any atom is 0.446 e. The highest BCUT2D eigenvalue weighted by Crippen LogP contribution is 2.36. The summed E-state index contributed by atoms with van der Waals surface area (Å²) in [5.74, 6) is -2.64. The Labute approximate surface area is 249 Å². The predicted molar refractivity (Wildman–Crippen MR) is 158 cm³/mol. The van der Waals surface area contributed by atoms with Crippen molar-refractivity contribution >= 4 is 40.8 Å². The summed E-state index contributed by atoms with van der Waals surface area (Å²) in [5, 5.41) is 11.2. The average Bonchev–Trinajstić information content (AvgIpc) is 2.99. The van der Waals surface area contributed by atoms with Crippen molar-refractivity contribution in [2.45, 2.75) is 16.8 Å². The lowest BCUT2D eigenvalue weighted by Gasteiger charge is -2.10. The molecule has 4 aromatic carbocycles. The Morgan fingerprint density at radius 1 is 0.698 bits per heavy atom. The average molecular weight is 604 g/mol. The molecular weight excluding hydrogens is 579 g/mol. The number of benzene rings is 4. The minimum absolute atomic E-state index is 0.0528. The standard InChI is InChI=1S/C33H24F3NO5S/c34-33(35,36)43-27-16-14-24(15-17-27)29(38)20-28(23-8-6-22(7-9-23)21-4-2-1-3-5-21)31(41)25-10-12-26(13-11-25)32(42)37-19-18-30(39)40/h1-17,20H,18-19H2,(H,37,42)(H,39,40). The summed E-state index contributed by atoms with van der Waals surface area (Å²) in [7, 11) is 0. The van der Waals surface area contributed by atoms with Gasteiger partial charge in [0.05, 0.1) is 6.42 Å². The summed E-state index contributed by atoms with van der Waals surface area (Å²) in [4.78, 5) is 49.8. The van der Waals surface area contributed by atoms with Gasteiger partial charge in [-0.25, -0.2) is 0 Å². The van der Waals surface area contributed by atoms with Crippen LogP contribution in [0, 0.1) is 0 Å². The Kier molecular flexibility index (Phi) is 9.95. The maximum absolute atomic E-state index is 13.7. The number of thioether (sulfide) groups is 1. The number of hydrogen-bond donors (Lipinski definition) is 2. The molecule has 0 unspecified atom stereocenters. The van der Waals surface area contributed by atoms with E-state index in [0.29, 0.717) is 5.56 Å². The molecule has 0 fully saturated rings. The van der Waals surface area contributed by atoms with Crippen LogP contribution < -0.4 is 5.32 Å². The maximum atomic E-state index is 13.7. The van der Waals surface area contributed by atoms with E-state index in [2.05, 4.69) is 5.32 Å². The highest BCUT2D eigenvalue weighted by molar-refractivity contribution is 8.00. The van der Waals surface area contributed by atoms with Gasteiger partial charge in [-0.05, 0) is 70.9 Å². The van der Waals surface area contributed by atoms with Crippen LogP contribution in [0.3, 0.4) is 0 Å². The third kappa shape index (κ3) is 8.76. The quantitative estimate of drug-likeness (QED) is 0.106. The fraction of sp³-hybridized carbons (Fsp3) is 0.0909. The molecule has 0 aliphatic heterocycles. The first-order valence-electron chi connectivity index (χ1n) is 12.9. The second kappa shape index (κ2) is 13.8. The summed E-state index contributed by atoms with van der Waals surface area (Å²) in [5.41, 5.74) is -1.63. The zero-order valence-corrected chi connectivity index (χ0v) is 23.2. The van der Waals surface area contributed by atoms with Crippen molar-refractivity contribution in [3.8, 4) is 11.1 Å². The molecule has 1 amide bonds. The van der Waals surface area contributed by atoms with Crippen molar-refractivity contribution in [1.82, 2.24) is 5.32 Å². The summed E-state index contributed by atoms with van der Waals surface area (Å²) in [6.07, 6.45) is 0.912. The Morgan fingerprint density at radius 3 is 1.81 bits per heavy atom. The number of carboxylic acids is 1. The fourth-order valence-electron chi connectivity index (χ4n) is 4.10. The molecule has 2 N–H and O–H groups in total. The van der Waals surface area contributed by atoms with Gasteiger partial charge in [-0.3, -0.25) is 19.2 Å². The van der Waals surface area contributed by atoms with Gasteiger partial charge >= 0.3 is 11.5 Å². The van der Waals surface area contributed by atoms with Gasteiger partial charge in [0.25, 0.3) is 5.91 Å². The minimum atomic E-state index is -4.47. The molecule has 0 saturated carbocycles. The Balaban J connectivity index is 1.63. The largest absolute Gasteiger partial charge is 0.481 e. The van der Waals surface area contributed by atoms with E-state index in [0.717, 1.165) is 17.2 Å². The van der Waals surface area contributed by atoms with Crippen LogP contribution in [0.2, 0.25) is 0 Å². The third-order valence-corrected chi connectivity index (χ3v) is 6.97. The summed E-state index contributed by atoms with van der Waals surface area (Å²) in [6, 6.07) is 27.2. The smallest absolute Gasteiger partial charge is 0.446 e. The molecule has 0 radical (unpaired) electrons. The first-order valence-corrected chi connectivity index (χ1v) is 13.7. The number of carboxylic acid groups (broad SMARTS) is 1. The molecule has 0 bridgehead atoms. The summed E-state index contributed by atoms with van der Waals surface area (Å²) in [6.45, 7) is -0.0569. The molecule has 0 saturated heterocycles. The molecular formula is C33H24F3NO5S. The number of allylic oxidation sites excluding steroid dienone is 2. The zero-order valence-electron chi connectivity index (χ0n) is 22.4. The summed E-state index contributed by atoms with van der Waals surface area (Å²) >= 11 is -0.293. The van der Waals surface area contributed by atoms with E-state index in [4.69, 9.17) is 5.11 Å². The van der Waals surface area contributed by atoms with Gasteiger partial charge in [0.1, 0.15) is 0 Å². The predicted octanol–water partition coefficient (Wildman–Crippen LogP) is 7.32. The lowest BCUT2D eigenvalue weighted by Crippen LogP contribution is -2.26. The van der Waals surface area contributed by atoms with Gasteiger partial charge in [-0.15, -0.1) is 0 Å². The van der Waals surface area contributed by atoms with Gasteiger partial charge in [0.2, 0.25) is 0 Å². The lowest BCUT2D eigenvalue weighted by molar-refractivity contribution is -0.136. The number of aliphatic carboxylic acids is 1. The number of carbonyl (C=O) groups is 4. The van der Waals surface area contributed by atoms with Crippen molar-refractivity contribution in [2.75, 3.05) is 6.54 Å². The van der Waals surface area contributed by atoms with Crippen LogP contribution in [-0.4, -0.2) is 40.6 Å². The second-order valence-corrected chi connectivity index (χ2v) is 10.4. The van der Waals surface area contributed by atoms with E-state index in [1.807, 2.05) is 42.5 Å². The van der Waals surface area contributed by atoms with E-state index in [-0.39, 0.29) is 51.9 Å². The Hall–Kier alpha value is -4.96. The van der Waals surface area contributed by atoms with Gasteiger partial charge in [-0.1, -0.05) is 66.7 Å². The topological polar surface area (TPSA) is 101 Å². The van der Waals surface area contributed by atoms with Crippen LogP contribution in [-0.2, 0) is 4.79 Å². The number of halogens is 3. The monoisotopic (exact) mass is 603 g/mol. The van der Waals surface area contributed by atoms with Crippen molar-refractivity contribution in [3.63, 3.8) is 0 Å². The molecule has 6 nitrogen and oxygen atoms in total. The number of ketones is 2. The molecule has 0 aromatic heterocycles. The van der Waals surface area contributed by atoms with Crippen LogP contribution in [0.4, 0.5) is 13.2 Å². The molecule has 0 spiro atoms. The third-order valence-electron chi connectivity index (χ3n) is 6.23.